The highest BCUT2D eigenvalue weighted by Crippen LogP contribution is 2.40. The Balaban J connectivity index is 2.12. The molecular weight excluding hydrogens is 256 g/mol. The van der Waals surface area contributed by atoms with E-state index in [0.717, 1.165) is 30.2 Å². The topological polar surface area (TPSA) is 63.8 Å². The first-order chi connectivity index (χ1) is 9.10. The Labute approximate surface area is 120 Å². The molecule has 0 bridgehead atoms. The second kappa shape index (κ2) is 5.99. The van der Waals surface area contributed by atoms with Gasteiger partial charge in [-0.1, -0.05) is 19.8 Å². The van der Waals surface area contributed by atoms with E-state index in [2.05, 4.69) is 21.5 Å². The minimum atomic E-state index is 0.374. The monoisotopic (exact) mass is 280 g/mol. The van der Waals surface area contributed by atoms with E-state index in [1.807, 2.05) is 25.6 Å². The molecule has 0 radical (unpaired) electrons. The van der Waals surface area contributed by atoms with Crippen LogP contribution in [0.3, 0.4) is 0 Å². The molecule has 0 aromatic carbocycles. The average Bonchev–Trinajstić information content (AvgIpc) is 2.89. The van der Waals surface area contributed by atoms with E-state index < -0.39 is 0 Å². The molecule has 4 nitrogen and oxygen atoms in total. The van der Waals surface area contributed by atoms with E-state index >= 15 is 0 Å². The number of anilines is 2. The average molecular weight is 280 g/mol. The number of nitrogens with one attached hydrogen (secondary N) is 1. The van der Waals surface area contributed by atoms with Crippen LogP contribution < -0.4 is 11.1 Å². The van der Waals surface area contributed by atoms with Crippen molar-refractivity contribution < 1.29 is 0 Å². The van der Waals surface area contributed by atoms with Crippen LogP contribution in [0, 0.1) is 6.92 Å². The van der Waals surface area contributed by atoms with E-state index in [1.54, 1.807) is 0 Å². The van der Waals surface area contributed by atoms with Crippen LogP contribution in [-0.2, 0) is 6.42 Å². The van der Waals surface area contributed by atoms with Crippen molar-refractivity contribution in [3.05, 3.63) is 11.4 Å². The van der Waals surface area contributed by atoms with Gasteiger partial charge in [-0.15, -0.1) is 0 Å². The molecule has 1 saturated carbocycles. The third kappa shape index (κ3) is 3.14. The highest BCUT2D eigenvalue weighted by molar-refractivity contribution is 8.00. The third-order valence-electron chi connectivity index (χ3n) is 4.07. The molecule has 0 unspecified atom stereocenters. The fourth-order valence-corrected chi connectivity index (χ4v) is 3.54. The Bertz CT molecular complexity index is 441. The minimum Gasteiger partial charge on any atom is -0.383 e. The largest absolute Gasteiger partial charge is 0.383 e. The molecule has 1 aromatic rings. The number of hydrogen-bond acceptors (Lipinski definition) is 5. The number of nitrogens with two attached hydrogens (primary N) is 1. The molecule has 0 aliphatic heterocycles. The van der Waals surface area contributed by atoms with Gasteiger partial charge in [0.25, 0.3) is 0 Å². The standard InChI is InChI=1S/C14H24N4S/c1-4-11-17-12(15)10(2)13(18-11)16-9-14(19-3)7-5-6-8-14/h4-9H2,1-3H3,(H3,15,16,17,18). The van der Waals surface area contributed by atoms with Crippen molar-refractivity contribution in [1.29, 1.82) is 0 Å². The number of thioether (sulfide) groups is 1. The summed E-state index contributed by atoms with van der Waals surface area (Å²) in [6.45, 7) is 5.00. The SMILES string of the molecule is CCc1nc(N)c(C)c(NCC2(SC)CCCC2)n1. The van der Waals surface area contributed by atoms with Gasteiger partial charge in [0, 0.05) is 23.3 Å². The van der Waals surface area contributed by atoms with E-state index in [9.17, 15) is 0 Å². The van der Waals surface area contributed by atoms with E-state index in [4.69, 9.17) is 5.73 Å². The summed E-state index contributed by atoms with van der Waals surface area (Å²) in [5.41, 5.74) is 6.91. The lowest BCUT2D eigenvalue weighted by Crippen LogP contribution is -2.30. The number of hydrogen-bond donors (Lipinski definition) is 2. The van der Waals surface area contributed by atoms with Crippen molar-refractivity contribution in [3.63, 3.8) is 0 Å². The molecule has 0 amide bonds. The summed E-state index contributed by atoms with van der Waals surface area (Å²) in [5.74, 6) is 2.32. The van der Waals surface area contributed by atoms with E-state index in [1.165, 1.54) is 25.7 Å². The maximum atomic E-state index is 5.95. The lowest BCUT2D eigenvalue weighted by atomic mass is 10.1. The molecule has 5 heteroatoms. The van der Waals surface area contributed by atoms with E-state index in [0.29, 0.717) is 10.6 Å². The Morgan fingerprint density at radius 3 is 2.58 bits per heavy atom. The molecule has 1 aliphatic carbocycles. The second-order valence-corrected chi connectivity index (χ2v) is 6.57. The molecule has 0 saturated heterocycles. The second-order valence-electron chi connectivity index (χ2n) is 5.30. The normalized spacial score (nSPS) is 17.6. The van der Waals surface area contributed by atoms with Gasteiger partial charge >= 0.3 is 0 Å². The number of nitrogens with zero attached hydrogens (tertiary/aromatic N) is 2. The van der Waals surface area contributed by atoms with Crippen molar-refractivity contribution in [2.24, 2.45) is 0 Å². The molecule has 106 valence electrons. The number of rotatable bonds is 5. The van der Waals surface area contributed by atoms with Crippen molar-refractivity contribution in [3.8, 4) is 0 Å². The zero-order chi connectivity index (χ0) is 13.9. The van der Waals surface area contributed by atoms with Gasteiger partial charge in [-0.2, -0.15) is 11.8 Å². The van der Waals surface area contributed by atoms with Crippen molar-refractivity contribution in [1.82, 2.24) is 9.97 Å². The first-order valence-electron chi connectivity index (χ1n) is 7.02. The maximum Gasteiger partial charge on any atom is 0.134 e. The zero-order valence-electron chi connectivity index (χ0n) is 12.1. The third-order valence-corrected chi connectivity index (χ3v) is 5.49. The van der Waals surface area contributed by atoms with Gasteiger partial charge in [0.05, 0.1) is 0 Å². The highest BCUT2D eigenvalue weighted by Gasteiger charge is 2.32. The molecule has 1 aromatic heterocycles. The summed E-state index contributed by atoms with van der Waals surface area (Å²) < 4.78 is 0.374. The van der Waals surface area contributed by atoms with Crippen LogP contribution in [0.1, 0.15) is 44.0 Å². The van der Waals surface area contributed by atoms with Crippen LogP contribution in [0.15, 0.2) is 0 Å². The van der Waals surface area contributed by atoms with Gasteiger partial charge in [0.15, 0.2) is 0 Å². The highest BCUT2D eigenvalue weighted by atomic mass is 32.2. The first kappa shape index (κ1) is 14.4. The summed E-state index contributed by atoms with van der Waals surface area (Å²) >= 11 is 1.98. The smallest absolute Gasteiger partial charge is 0.134 e. The Morgan fingerprint density at radius 1 is 1.32 bits per heavy atom. The van der Waals surface area contributed by atoms with Crippen LogP contribution in [0.5, 0.6) is 0 Å². The predicted molar refractivity (Wildman–Crippen MR) is 83.8 cm³/mol. The number of nitrogen functional groups attached to an aromatic ring is 1. The maximum absolute atomic E-state index is 5.95. The van der Waals surface area contributed by atoms with Crippen LogP contribution in [0.25, 0.3) is 0 Å². The molecule has 3 N–H and O–H groups in total. The number of aryl methyl sites for hydroxylation is 1. The fraction of sp³-hybridized carbons (Fsp3) is 0.714. The lowest BCUT2D eigenvalue weighted by Gasteiger charge is -2.27. The van der Waals surface area contributed by atoms with Gasteiger partial charge in [-0.3, -0.25) is 0 Å². The summed E-state index contributed by atoms with van der Waals surface area (Å²) in [4.78, 5) is 8.86. The molecule has 2 rings (SSSR count). The van der Waals surface area contributed by atoms with Crippen molar-refractivity contribution >= 4 is 23.4 Å². The molecule has 0 atom stereocenters. The fourth-order valence-electron chi connectivity index (χ4n) is 2.63. The lowest BCUT2D eigenvalue weighted by molar-refractivity contribution is 0.638. The number of aromatic nitrogens is 2. The van der Waals surface area contributed by atoms with Gasteiger partial charge in [0.1, 0.15) is 17.5 Å². The molecular formula is C14H24N4S. The summed E-state index contributed by atoms with van der Waals surface area (Å²) in [6.07, 6.45) is 8.29. The van der Waals surface area contributed by atoms with Crippen molar-refractivity contribution in [2.75, 3.05) is 23.9 Å². The Hall–Kier alpha value is -0.970. The van der Waals surface area contributed by atoms with Crippen LogP contribution in [-0.4, -0.2) is 27.5 Å². The zero-order valence-corrected chi connectivity index (χ0v) is 12.9. The van der Waals surface area contributed by atoms with Gasteiger partial charge in [0.2, 0.25) is 0 Å². The van der Waals surface area contributed by atoms with E-state index in [-0.39, 0.29) is 0 Å². The van der Waals surface area contributed by atoms with Crippen LogP contribution >= 0.6 is 11.8 Å². The quantitative estimate of drug-likeness (QED) is 0.868. The van der Waals surface area contributed by atoms with Gasteiger partial charge in [-0.25, -0.2) is 9.97 Å². The molecule has 19 heavy (non-hydrogen) atoms. The first-order valence-corrected chi connectivity index (χ1v) is 8.25. The van der Waals surface area contributed by atoms with Crippen LogP contribution in [0.2, 0.25) is 0 Å². The molecule has 1 aliphatic rings. The summed E-state index contributed by atoms with van der Waals surface area (Å²) in [5, 5.41) is 3.51. The Morgan fingerprint density at radius 2 is 2.00 bits per heavy atom. The summed E-state index contributed by atoms with van der Waals surface area (Å²) in [7, 11) is 0. The minimum absolute atomic E-state index is 0.374. The molecule has 1 fully saturated rings. The molecule has 0 spiro atoms. The predicted octanol–water partition coefficient (Wildman–Crippen LogP) is 3.02. The van der Waals surface area contributed by atoms with Crippen molar-refractivity contribution in [2.45, 2.75) is 50.7 Å². The Kier molecular flexibility index (Phi) is 4.55. The summed E-state index contributed by atoms with van der Waals surface area (Å²) in [6, 6.07) is 0. The molecule has 1 heterocycles. The van der Waals surface area contributed by atoms with Gasteiger partial charge in [-0.05, 0) is 26.0 Å². The van der Waals surface area contributed by atoms with Gasteiger partial charge < -0.3 is 11.1 Å². The van der Waals surface area contributed by atoms with Crippen LogP contribution in [0.4, 0.5) is 11.6 Å².